The molecular weight excluding hydrogens is 723 g/mol. The van der Waals surface area contributed by atoms with Gasteiger partial charge in [-0.3, -0.25) is 13.9 Å². The Hall–Kier alpha value is -8.09. The van der Waals surface area contributed by atoms with E-state index in [9.17, 15) is 4.79 Å². The summed E-state index contributed by atoms with van der Waals surface area (Å²) in [4.78, 5) is 25.4. The molecule has 0 unspecified atom stereocenters. The summed E-state index contributed by atoms with van der Waals surface area (Å²) in [6, 6.07) is 68.7. The monoisotopic (exact) mass is 755 g/mol. The largest absolute Gasteiger partial charge is 0.304 e. The van der Waals surface area contributed by atoms with Crippen LogP contribution in [0.4, 0.5) is 0 Å². The fourth-order valence-corrected chi connectivity index (χ4v) is 9.07. The van der Waals surface area contributed by atoms with Crippen molar-refractivity contribution in [2.45, 2.75) is 0 Å². The molecule has 6 heteroatoms. The van der Waals surface area contributed by atoms with E-state index in [0.29, 0.717) is 11.5 Å². The molecule has 59 heavy (non-hydrogen) atoms. The van der Waals surface area contributed by atoms with E-state index in [2.05, 4.69) is 118 Å². The Kier molecular flexibility index (Phi) is 7.28. The lowest BCUT2D eigenvalue weighted by atomic mass is 9.99. The maximum Gasteiger partial charge on any atom is 0.280 e. The molecule has 0 saturated carbocycles. The molecule has 0 aliphatic heterocycles. The van der Waals surface area contributed by atoms with Crippen LogP contribution in [0.2, 0.25) is 0 Å². The number of fused-ring (bicyclic) bond motifs is 9. The fourth-order valence-electron chi connectivity index (χ4n) is 9.07. The van der Waals surface area contributed by atoms with Gasteiger partial charge in [-0.15, -0.1) is 0 Å². The summed E-state index contributed by atoms with van der Waals surface area (Å²) in [6.07, 6.45) is 0. The molecule has 0 spiro atoms. The predicted octanol–water partition coefficient (Wildman–Crippen LogP) is 12.5. The molecule has 0 N–H and O–H groups in total. The molecular formula is C53H33N5O. The van der Waals surface area contributed by atoms with Crippen LogP contribution < -0.4 is 5.56 Å². The van der Waals surface area contributed by atoms with Gasteiger partial charge >= 0.3 is 0 Å². The van der Waals surface area contributed by atoms with Crippen LogP contribution in [0.25, 0.3) is 105 Å². The van der Waals surface area contributed by atoms with Gasteiger partial charge in [0.1, 0.15) is 5.52 Å². The van der Waals surface area contributed by atoms with Gasteiger partial charge in [-0.25, -0.2) is 9.97 Å². The summed E-state index contributed by atoms with van der Waals surface area (Å²) in [5.41, 5.74) is 11.2. The van der Waals surface area contributed by atoms with Crippen LogP contribution in [-0.2, 0) is 0 Å². The molecule has 0 aliphatic carbocycles. The summed E-state index contributed by atoms with van der Waals surface area (Å²) in [5, 5.41) is 6.23. The van der Waals surface area contributed by atoms with Crippen LogP contribution in [0.1, 0.15) is 0 Å². The highest BCUT2D eigenvalue weighted by Crippen LogP contribution is 2.40. The molecule has 0 atom stereocenters. The number of nitrogens with zero attached hydrogens (tertiary/aromatic N) is 5. The minimum absolute atomic E-state index is 0.0629. The number of hydrogen-bond donors (Lipinski definition) is 0. The molecule has 6 nitrogen and oxygen atoms in total. The predicted molar refractivity (Wildman–Crippen MR) is 242 cm³/mol. The number of hydrogen-bond acceptors (Lipinski definition) is 3. The minimum atomic E-state index is -0.0629. The molecule has 12 aromatic rings. The van der Waals surface area contributed by atoms with Crippen molar-refractivity contribution >= 4 is 65.4 Å². The van der Waals surface area contributed by atoms with Gasteiger partial charge in [0.2, 0.25) is 5.95 Å². The minimum Gasteiger partial charge on any atom is -0.304 e. The molecule has 4 heterocycles. The molecule has 0 amide bonds. The molecule has 0 radical (unpaired) electrons. The lowest BCUT2D eigenvalue weighted by Gasteiger charge is -2.13. The third-order valence-corrected chi connectivity index (χ3v) is 11.7. The third kappa shape index (κ3) is 5.03. The topological polar surface area (TPSA) is 57.6 Å². The highest BCUT2D eigenvalue weighted by Gasteiger charge is 2.23. The van der Waals surface area contributed by atoms with Crippen LogP contribution in [-0.4, -0.2) is 23.7 Å². The number of aromatic nitrogens is 5. The Balaban J connectivity index is 1.11. The maximum absolute atomic E-state index is 15.0. The van der Waals surface area contributed by atoms with Crippen LogP contribution in [0, 0.1) is 0 Å². The van der Waals surface area contributed by atoms with Crippen LogP contribution >= 0.6 is 0 Å². The van der Waals surface area contributed by atoms with Crippen molar-refractivity contribution in [1.82, 2.24) is 23.7 Å². The molecule has 0 saturated heterocycles. The van der Waals surface area contributed by atoms with E-state index < -0.39 is 0 Å². The van der Waals surface area contributed by atoms with E-state index in [-0.39, 0.29) is 5.56 Å². The summed E-state index contributed by atoms with van der Waals surface area (Å²) >= 11 is 0. The third-order valence-electron chi connectivity index (χ3n) is 11.7. The fraction of sp³-hybridized carbons (Fsp3) is 0. The van der Waals surface area contributed by atoms with Gasteiger partial charge in [-0.05, 0) is 77.9 Å². The van der Waals surface area contributed by atoms with Crippen molar-refractivity contribution < 1.29 is 0 Å². The highest BCUT2D eigenvalue weighted by atomic mass is 16.1. The smallest absolute Gasteiger partial charge is 0.280 e. The molecule has 276 valence electrons. The normalized spacial score (nSPS) is 11.8. The molecule has 0 bridgehead atoms. The summed E-state index contributed by atoms with van der Waals surface area (Å²) < 4.78 is 6.17. The Bertz CT molecular complexity index is 3680. The average molecular weight is 756 g/mol. The zero-order valence-electron chi connectivity index (χ0n) is 31.7. The Morgan fingerprint density at radius 3 is 1.56 bits per heavy atom. The van der Waals surface area contributed by atoms with E-state index >= 15 is 0 Å². The zero-order chi connectivity index (χ0) is 39.0. The second-order valence-electron chi connectivity index (χ2n) is 15.0. The quantitative estimate of drug-likeness (QED) is 0.176. The maximum atomic E-state index is 15.0. The molecule has 0 aliphatic rings. The van der Waals surface area contributed by atoms with Crippen molar-refractivity contribution in [3.8, 4) is 39.7 Å². The van der Waals surface area contributed by atoms with Gasteiger partial charge in [0.05, 0.1) is 33.3 Å². The van der Waals surface area contributed by atoms with Crippen LogP contribution in [0.3, 0.4) is 0 Å². The summed E-state index contributed by atoms with van der Waals surface area (Å²) in [5.74, 6) is 0.629. The van der Waals surface area contributed by atoms with Crippen LogP contribution in [0.15, 0.2) is 205 Å². The second kappa shape index (κ2) is 13.0. The van der Waals surface area contributed by atoms with E-state index in [1.165, 1.54) is 0 Å². The van der Waals surface area contributed by atoms with Gasteiger partial charge in [-0.2, -0.15) is 0 Å². The molecule has 0 fully saturated rings. The first kappa shape index (κ1) is 33.1. The first-order chi connectivity index (χ1) is 29.2. The lowest BCUT2D eigenvalue weighted by molar-refractivity contribution is 1.01. The van der Waals surface area contributed by atoms with Crippen molar-refractivity contribution in [1.29, 1.82) is 0 Å². The van der Waals surface area contributed by atoms with Crippen molar-refractivity contribution in [3.05, 3.63) is 211 Å². The summed E-state index contributed by atoms with van der Waals surface area (Å²) in [6.45, 7) is 0. The SMILES string of the molecule is O=c1c2c(c3ccccc3n1-c1ccccc1)c1cc(-c3ccc4c(c3)c3ccccc3n4-c3nc(-c4ccccc4)c4ccccc4n3)ccc1n2-c1ccccc1. The zero-order valence-corrected chi connectivity index (χ0v) is 31.7. The Morgan fingerprint density at radius 2 is 0.864 bits per heavy atom. The lowest BCUT2D eigenvalue weighted by Crippen LogP contribution is -2.21. The molecule has 8 aromatic carbocycles. The van der Waals surface area contributed by atoms with Gasteiger partial charge in [0.25, 0.3) is 5.56 Å². The van der Waals surface area contributed by atoms with Gasteiger partial charge in [0.15, 0.2) is 0 Å². The first-order valence-corrected chi connectivity index (χ1v) is 19.8. The van der Waals surface area contributed by atoms with Gasteiger partial charge < -0.3 is 4.57 Å². The van der Waals surface area contributed by atoms with Crippen molar-refractivity contribution in [2.24, 2.45) is 0 Å². The Labute approximate surface area is 338 Å². The second-order valence-corrected chi connectivity index (χ2v) is 15.0. The average Bonchev–Trinajstić information content (AvgIpc) is 3.83. The van der Waals surface area contributed by atoms with Crippen LogP contribution in [0.5, 0.6) is 0 Å². The number of benzene rings is 8. The number of pyridine rings is 1. The van der Waals surface area contributed by atoms with Gasteiger partial charge in [0, 0.05) is 49.3 Å². The molecule has 12 rings (SSSR count). The first-order valence-electron chi connectivity index (χ1n) is 19.8. The van der Waals surface area contributed by atoms with Crippen molar-refractivity contribution in [3.63, 3.8) is 0 Å². The standard InChI is InChI=1S/C53H33N5O/c59-52-51-49(41-24-12-15-27-46(41)57(52)38-20-8-3-9-21-38)43-33-36(29-31-48(43)56(51)37-18-6-2-7-19-37)35-28-30-47-42(32-35)39-22-11-14-26-45(39)58(47)53-54-44-25-13-10-23-40(44)50(55-53)34-16-4-1-5-17-34/h1-33H. The van der Waals surface area contributed by atoms with E-state index in [1.807, 2.05) is 95.6 Å². The summed E-state index contributed by atoms with van der Waals surface area (Å²) in [7, 11) is 0. The molecule has 4 aromatic heterocycles. The number of para-hydroxylation sites is 5. The van der Waals surface area contributed by atoms with E-state index in [0.717, 1.165) is 93.7 Å². The van der Waals surface area contributed by atoms with E-state index in [4.69, 9.17) is 9.97 Å². The van der Waals surface area contributed by atoms with Gasteiger partial charge in [-0.1, -0.05) is 133 Å². The highest BCUT2D eigenvalue weighted by molar-refractivity contribution is 6.21. The number of rotatable bonds is 5. The Morgan fingerprint density at radius 1 is 0.356 bits per heavy atom. The van der Waals surface area contributed by atoms with E-state index in [1.54, 1.807) is 0 Å². The van der Waals surface area contributed by atoms with Crippen molar-refractivity contribution in [2.75, 3.05) is 0 Å².